The molecule has 2 N–H and O–H groups in total. The number of aromatic amines is 1. The van der Waals surface area contributed by atoms with Crippen molar-refractivity contribution < 1.29 is 15.8 Å². The third-order valence-corrected chi connectivity index (χ3v) is 8.11. The van der Waals surface area contributed by atoms with Crippen LogP contribution in [0.3, 0.4) is 0 Å². The van der Waals surface area contributed by atoms with Crippen LogP contribution >= 0.6 is 0 Å². The molecule has 0 radical (unpaired) electrons. The monoisotopic (exact) mass is 470 g/mol. The van der Waals surface area contributed by atoms with Gasteiger partial charge in [0.2, 0.25) is 0 Å². The molecule has 3 saturated heterocycles. The Kier molecular flexibility index (Phi) is 5.24. The topological polar surface area (TPSA) is 98.2 Å². The summed E-state index contributed by atoms with van der Waals surface area (Å²) >= 11 is 0. The number of H-pyrrole nitrogens is 1. The molecular weight excluding hydrogens is 440 g/mol. The predicted molar refractivity (Wildman–Crippen MR) is 134 cm³/mol. The molecule has 3 fully saturated rings. The molecule has 0 bridgehead atoms. The van der Waals surface area contributed by atoms with Crippen LogP contribution < -0.4 is 5.32 Å². The number of ketones is 1. The van der Waals surface area contributed by atoms with Gasteiger partial charge in [0.15, 0.2) is 5.78 Å². The molecule has 1 atom stereocenters. The van der Waals surface area contributed by atoms with Gasteiger partial charge in [-0.1, -0.05) is 18.2 Å². The Bertz CT molecular complexity index is 1360. The lowest BCUT2D eigenvalue weighted by molar-refractivity contribution is -0.155. The van der Waals surface area contributed by atoms with E-state index in [1.54, 1.807) is 0 Å². The van der Waals surface area contributed by atoms with E-state index in [1.165, 1.54) is 0 Å². The molecule has 6 rings (SSSR count). The van der Waals surface area contributed by atoms with E-state index in [4.69, 9.17) is 10.00 Å². The average Bonchev–Trinajstić information content (AvgIpc) is 3.17. The molecule has 1 amide bonds. The lowest BCUT2D eigenvalue weighted by atomic mass is 9.69. The van der Waals surface area contributed by atoms with E-state index in [0.29, 0.717) is 37.4 Å². The van der Waals surface area contributed by atoms with Gasteiger partial charge in [-0.15, -0.1) is 0 Å². The SMILES string of the molecule is N#Cc1cc2cc(-c3ccc(C(=O)N4CCCC5(CC4)CNC4(COC4)C(=O)C5)cc3)ccc2[nH]1.[HH]. The molecular formula is C28H30N4O3. The number of rotatable bonds is 2. The summed E-state index contributed by atoms with van der Waals surface area (Å²) < 4.78 is 5.30. The summed E-state index contributed by atoms with van der Waals surface area (Å²) in [5, 5.41) is 13.6. The second-order valence-corrected chi connectivity index (χ2v) is 10.3. The summed E-state index contributed by atoms with van der Waals surface area (Å²) in [4.78, 5) is 31.1. The van der Waals surface area contributed by atoms with E-state index in [2.05, 4.69) is 22.4 Å². The first-order chi connectivity index (χ1) is 17.0. The maximum absolute atomic E-state index is 13.3. The average molecular weight is 471 g/mol. The number of ether oxygens (including phenoxy) is 1. The second kappa shape index (κ2) is 8.33. The number of aromatic nitrogens is 1. The molecule has 1 unspecified atom stereocenters. The molecule has 3 aliphatic heterocycles. The van der Waals surface area contributed by atoms with E-state index >= 15 is 0 Å². The fourth-order valence-corrected chi connectivity index (χ4v) is 5.77. The number of nitriles is 1. The lowest BCUT2D eigenvalue weighted by Gasteiger charge is -2.49. The summed E-state index contributed by atoms with van der Waals surface area (Å²) in [6.45, 7) is 3.19. The summed E-state index contributed by atoms with van der Waals surface area (Å²) in [6, 6.07) is 17.8. The minimum atomic E-state index is -0.446. The Morgan fingerprint density at radius 2 is 1.86 bits per heavy atom. The second-order valence-electron chi connectivity index (χ2n) is 10.3. The standard InChI is InChI=1S/C28H28N4O3.H2/c29-15-23-13-22-12-21(6-7-24(22)31-23)19-2-4-20(5-3-19)26(34)32-10-1-8-27(9-11-32)14-25(33)28(30-16-27)17-35-18-28;/h2-7,12-13,30-31H,1,8-11,14,16-18H2;1H. The van der Waals surface area contributed by atoms with Gasteiger partial charge in [-0.05, 0) is 66.1 Å². The number of nitrogens with zero attached hydrogens (tertiary/aromatic N) is 2. The first kappa shape index (κ1) is 22.0. The van der Waals surface area contributed by atoms with Gasteiger partial charge in [0.05, 0.1) is 13.2 Å². The van der Waals surface area contributed by atoms with Gasteiger partial charge in [0.25, 0.3) is 5.91 Å². The van der Waals surface area contributed by atoms with E-state index < -0.39 is 5.54 Å². The van der Waals surface area contributed by atoms with E-state index in [1.807, 2.05) is 47.4 Å². The van der Waals surface area contributed by atoms with Gasteiger partial charge in [-0.3, -0.25) is 9.59 Å². The summed E-state index contributed by atoms with van der Waals surface area (Å²) in [7, 11) is 0. The predicted octanol–water partition coefficient (Wildman–Crippen LogP) is 3.90. The van der Waals surface area contributed by atoms with Crippen molar-refractivity contribution in [2.75, 3.05) is 32.8 Å². The molecule has 3 aliphatic rings. The number of carbonyl (C=O) groups is 2. The Morgan fingerprint density at radius 1 is 1.06 bits per heavy atom. The van der Waals surface area contributed by atoms with E-state index in [9.17, 15) is 9.59 Å². The van der Waals surface area contributed by atoms with Crippen molar-refractivity contribution in [3.63, 3.8) is 0 Å². The van der Waals surface area contributed by atoms with Crippen molar-refractivity contribution in [2.24, 2.45) is 5.41 Å². The number of carbonyl (C=O) groups excluding carboxylic acids is 2. The fourth-order valence-electron chi connectivity index (χ4n) is 5.77. The zero-order valence-corrected chi connectivity index (χ0v) is 19.6. The highest BCUT2D eigenvalue weighted by Gasteiger charge is 2.52. The van der Waals surface area contributed by atoms with Crippen LogP contribution in [0.1, 0.15) is 43.2 Å². The van der Waals surface area contributed by atoms with Gasteiger partial charge < -0.3 is 19.9 Å². The van der Waals surface area contributed by atoms with Crippen LogP contribution in [0.15, 0.2) is 48.5 Å². The molecule has 180 valence electrons. The van der Waals surface area contributed by atoms with Crippen molar-refractivity contribution in [1.82, 2.24) is 15.2 Å². The van der Waals surface area contributed by atoms with E-state index in [0.717, 1.165) is 54.4 Å². The molecule has 0 saturated carbocycles. The van der Waals surface area contributed by atoms with Crippen molar-refractivity contribution in [2.45, 2.75) is 31.2 Å². The van der Waals surface area contributed by atoms with Gasteiger partial charge in [-0.25, -0.2) is 0 Å². The highest BCUT2D eigenvalue weighted by atomic mass is 16.5. The third kappa shape index (κ3) is 3.83. The van der Waals surface area contributed by atoms with E-state index in [-0.39, 0.29) is 18.5 Å². The molecule has 35 heavy (non-hydrogen) atoms. The van der Waals surface area contributed by atoms with Crippen molar-refractivity contribution in [3.05, 3.63) is 59.8 Å². The maximum Gasteiger partial charge on any atom is 0.253 e. The Morgan fingerprint density at radius 3 is 2.57 bits per heavy atom. The molecule has 2 spiro atoms. The quantitative estimate of drug-likeness (QED) is 0.592. The summed E-state index contributed by atoms with van der Waals surface area (Å²) in [5.74, 6) is 0.319. The van der Waals surface area contributed by atoms with Crippen molar-refractivity contribution >= 4 is 22.6 Å². The Balaban J connectivity index is 0.00000267. The zero-order chi connectivity index (χ0) is 24.0. The van der Waals surface area contributed by atoms with Crippen LogP contribution in [0.2, 0.25) is 0 Å². The van der Waals surface area contributed by atoms with Crippen LogP contribution in [0.4, 0.5) is 0 Å². The highest BCUT2D eigenvalue weighted by molar-refractivity contribution is 5.95. The number of piperidine rings is 1. The number of likely N-dealkylation sites (tertiary alicyclic amines) is 1. The van der Waals surface area contributed by atoms with Gasteiger partial charge >= 0.3 is 0 Å². The Hall–Kier alpha value is -3.47. The van der Waals surface area contributed by atoms with Crippen LogP contribution in [-0.2, 0) is 9.53 Å². The largest absolute Gasteiger partial charge is 0.376 e. The molecule has 7 nitrogen and oxygen atoms in total. The first-order valence-electron chi connectivity index (χ1n) is 12.3. The highest BCUT2D eigenvalue weighted by Crippen LogP contribution is 2.41. The number of amides is 1. The number of benzene rings is 2. The van der Waals surface area contributed by atoms with Crippen molar-refractivity contribution in [1.29, 1.82) is 5.26 Å². The number of fused-ring (bicyclic) bond motifs is 1. The Labute approximate surface area is 205 Å². The number of Topliss-reactive ketones (excluding diaryl/α,β-unsaturated/α-hetero) is 1. The van der Waals surface area contributed by atoms with Crippen LogP contribution in [0.5, 0.6) is 0 Å². The minimum Gasteiger partial charge on any atom is -0.376 e. The zero-order valence-electron chi connectivity index (χ0n) is 19.6. The number of nitrogens with one attached hydrogen (secondary N) is 2. The molecule has 1 aromatic heterocycles. The van der Waals surface area contributed by atoms with Crippen LogP contribution in [0, 0.1) is 16.7 Å². The fraction of sp³-hybridized carbons (Fsp3) is 0.393. The lowest BCUT2D eigenvalue weighted by Crippen LogP contribution is -2.71. The molecule has 7 heteroatoms. The number of hydrogen-bond acceptors (Lipinski definition) is 5. The first-order valence-corrected chi connectivity index (χ1v) is 12.3. The van der Waals surface area contributed by atoms with Gasteiger partial charge in [-0.2, -0.15) is 5.26 Å². The number of hydrogen-bond donors (Lipinski definition) is 2. The third-order valence-electron chi connectivity index (χ3n) is 8.11. The van der Waals surface area contributed by atoms with Crippen LogP contribution in [0.25, 0.3) is 22.0 Å². The van der Waals surface area contributed by atoms with Gasteiger partial charge in [0, 0.05) is 43.9 Å². The molecule has 4 heterocycles. The van der Waals surface area contributed by atoms with Crippen molar-refractivity contribution in [3.8, 4) is 17.2 Å². The van der Waals surface area contributed by atoms with Gasteiger partial charge in [0.1, 0.15) is 17.3 Å². The van der Waals surface area contributed by atoms with Crippen LogP contribution in [-0.4, -0.2) is 60.0 Å². The molecule has 0 aliphatic carbocycles. The maximum atomic E-state index is 13.3. The summed E-state index contributed by atoms with van der Waals surface area (Å²) in [6.07, 6.45) is 3.29. The molecule has 3 aromatic rings. The molecule has 2 aromatic carbocycles. The normalized spacial score (nSPS) is 23.7. The summed E-state index contributed by atoms with van der Waals surface area (Å²) in [5.41, 5.74) is 3.73. The smallest absolute Gasteiger partial charge is 0.253 e. The minimum absolute atomic E-state index is 0.